The van der Waals surface area contributed by atoms with Gasteiger partial charge in [0, 0.05) is 0 Å². The minimum Gasteiger partial charge on any atom is -0.293 e. The van der Waals surface area contributed by atoms with Gasteiger partial charge in [0.2, 0.25) is 5.78 Å². The molecule has 1 atom stereocenters. The Morgan fingerprint density at radius 3 is 1.96 bits per heavy atom. The molecule has 0 N–H and O–H groups in total. The van der Waals surface area contributed by atoms with Crippen molar-refractivity contribution in [2.45, 2.75) is 6.92 Å². The van der Waals surface area contributed by atoms with Crippen molar-refractivity contribution in [1.82, 2.24) is 0 Å². The zero-order chi connectivity index (χ0) is 17.6. The van der Waals surface area contributed by atoms with E-state index in [2.05, 4.69) is 4.99 Å². The first-order valence-corrected chi connectivity index (χ1v) is 6.93. The van der Waals surface area contributed by atoms with Crippen LogP contribution in [-0.4, -0.2) is 17.3 Å². The number of halogens is 4. The van der Waals surface area contributed by atoms with E-state index in [-0.39, 0.29) is 5.71 Å². The minimum atomic E-state index is -2.14. The van der Waals surface area contributed by atoms with Crippen LogP contribution in [0.15, 0.2) is 35.3 Å². The third-order valence-electron chi connectivity index (χ3n) is 3.78. The summed E-state index contributed by atoms with van der Waals surface area (Å²) in [6.45, 7) is 1.27. The minimum absolute atomic E-state index is 0.312. The van der Waals surface area contributed by atoms with Gasteiger partial charge in [0.1, 0.15) is 0 Å². The van der Waals surface area contributed by atoms with Crippen molar-refractivity contribution in [3.8, 4) is 0 Å². The van der Waals surface area contributed by atoms with E-state index in [9.17, 15) is 27.2 Å². The van der Waals surface area contributed by atoms with Crippen molar-refractivity contribution in [1.29, 1.82) is 0 Å². The summed E-state index contributed by atoms with van der Waals surface area (Å²) < 4.78 is 54.7. The monoisotopic (exact) mass is 335 g/mol. The second-order valence-electron chi connectivity index (χ2n) is 5.25. The van der Waals surface area contributed by atoms with Crippen molar-refractivity contribution in [3.05, 3.63) is 64.7 Å². The summed E-state index contributed by atoms with van der Waals surface area (Å²) in [5.74, 6) is -11.4. The van der Waals surface area contributed by atoms with E-state index in [0.29, 0.717) is 5.69 Å². The Balaban J connectivity index is 2.27. The van der Waals surface area contributed by atoms with Crippen LogP contribution in [0, 0.1) is 29.2 Å². The highest BCUT2D eigenvalue weighted by Crippen LogP contribution is 2.32. The molecule has 0 saturated heterocycles. The fraction of sp³-hybridized carbons (Fsp3) is 0.118. The fourth-order valence-electron chi connectivity index (χ4n) is 2.53. The summed E-state index contributed by atoms with van der Waals surface area (Å²) in [5.41, 5.74) is -2.24. The number of benzene rings is 2. The van der Waals surface area contributed by atoms with Crippen LogP contribution in [0.5, 0.6) is 0 Å². The lowest BCUT2D eigenvalue weighted by atomic mass is 9.80. The normalized spacial score (nSPS) is 18.9. The van der Waals surface area contributed by atoms with Crippen LogP contribution in [0.4, 0.5) is 23.2 Å². The van der Waals surface area contributed by atoms with E-state index in [1.165, 1.54) is 19.1 Å². The third kappa shape index (κ3) is 2.24. The van der Waals surface area contributed by atoms with Crippen LogP contribution >= 0.6 is 0 Å². The Hall–Kier alpha value is -2.83. The number of rotatable bonds is 1. The molecule has 0 aliphatic heterocycles. The number of ketones is 2. The Kier molecular flexibility index (Phi) is 3.79. The molecule has 0 bridgehead atoms. The summed E-state index contributed by atoms with van der Waals surface area (Å²) in [7, 11) is 0. The number of carbonyl (C=O) groups is 2. The molecule has 1 aliphatic rings. The number of hydrogen-bond donors (Lipinski definition) is 0. The van der Waals surface area contributed by atoms with Crippen LogP contribution < -0.4 is 0 Å². The summed E-state index contributed by atoms with van der Waals surface area (Å²) in [6.07, 6.45) is 0. The van der Waals surface area contributed by atoms with Crippen LogP contribution in [-0.2, 0) is 0 Å². The summed E-state index contributed by atoms with van der Waals surface area (Å²) in [6, 6.07) is 8.03. The maximum atomic E-state index is 14.0. The first-order chi connectivity index (χ1) is 11.3. The number of para-hydroxylation sites is 1. The molecular formula is C17H9F4NO2. The maximum absolute atomic E-state index is 14.0. The zero-order valence-corrected chi connectivity index (χ0v) is 12.2. The average Bonchev–Trinajstić information content (AvgIpc) is 2.59. The molecule has 0 radical (unpaired) electrons. The van der Waals surface area contributed by atoms with E-state index < -0.39 is 51.9 Å². The molecule has 1 aliphatic carbocycles. The molecule has 0 heterocycles. The Labute approximate surface area is 133 Å². The SMILES string of the molecule is CC1C(=O)c2c(F)c(F)c(F)c(F)c2C(=O)C1=Nc1ccccc1. The highest BCUT2D eigenvalue weighted by Gasteiger charge is 2.42. The van der Waals surface area contributed by atoms with Crippen LogP contribution in [0.3, 0.4) is 0 Å². The number of aliphatic imine (C=N–C) groups is 1. The predicted octanol–water partition coefficient (Wildman–Crippen LogP) is 4.03. The fourth-order valence-corrected chi connectivity index (χ4v) is 2.53. The molecule has 0 saturated carbocycles. The molecule has 3 rings (SSSR count). The van der Waals surface area contributed by atoms with Gasteiger partial charge in [-0.05, 0) is 19.1 Å². The lowest BCUT2D eigenvalue weighted by Crippen LogP contribution is -2.37. The van der Waals surface area contributed by atoms with Crippen molar-refractivity contribution in [2.24, 2.45) is 10.9 Å². The summed E-state index contributed by atoms with van der Waals surface area (Å²) in [4.78, 5) is 28.7. The molecule has 7 heteroatoms. The maximum Gasteiger partial charge on any atom is 0.211 e. The van der Waals surface area contributed by atoms with Crippen molar-refractivity contribution >= 4 is 23.0 Å². The molecule has 1 unspecified atom stereocenters. The van der Waals surface area contributed by atoms with Crippen molar-refractivity contribution in [3.63, 3.8) is 0 Å². The van der Waals surface area contributed by atoms with Gasteiger partial charge in [-0.25, -0.2) is 22.6 Å². The Bertz CT molecular complexity index is 907. The zero-order valence-electron chi connectivity index (χ0n) is 12.2. The molecule has 3 nitrogen and oxygen atoms in total. The van der Waals surface area contributed by atoms with Gasteiger partial charge in [0.25, 0.3) is 0 Å². The first kappa shape index (κ1) is 16.0. The van der Waals surface area contributed by atoms with Gasteiger partial charge in [0.15, 0.2) is 29.1 Å². The van der Waals surface area contributed by atoms with E-state index in [1.807, 2.05) is 0 Å². The molecule has 122 valence electrons. The van der Waals surface area contributed by atoms with E-state index in [4.69, 9.17) is 0 Å². The Morgan fingerprint density at radius 2 is 1.38 bits per heavy atom. The van der Waals surface area contributed by atoms with Gasteiger partial charge in [-0.1, -0.05) is 18.2 Å². The van der Waals surface area contributed by atoms with Gasteiger partial charge >= 0.3 is 0 Å². The number of carbonyl (C=O) groups excluding carboxylic acids is 2. The summed E-state index contributed by atoms with van der Waals surface area (Å²) >= 11 is 0. The number of fused-ring (bicyclic) bond motifs is 1. The molecule has 24 heavy (non-hydrogen) atoms. The lowest BCUT2D eigenvalue weighted by molar-refractivity contribution is 0.0918. The van der Waals surface area contributed by atoms with E-state index >= 15 is 0 Å². The molecule has 2 aromatic carbocycles. The van der Waals surface area contributed by atoms with Gasteiger partial charge in [0.05, 0.1) is 28.4 Å². The number of nitrogens with zero attached hydrogens (tertiary/aromatic N) is 1. The van der Waals surface area contributed by atoms with Crippen LogP contribution in [0.25, 0.3) is 0 Å². The second-order valence-corrected chi connectivity index (χ2v) is 5.25. The molecule has 0 aromatic heterocycles. The first-order valence-electron chi connectivity index (χ1n) is 6.93. The van der Waals surface area contributed by atoms with E-state index in [0.717, 1.165) is 0 Å². The number of hydrogen-bond acceptors (Lipinski definition) is 3. The largest absolute Gasteiger partial charge is 0.293 e. The van der Waals surface area contributed by atoms with Gasteiger partial charge in [-0.2, -0.15) is 0 Å². The second kappa shape index (κ2) is 5.67. The van der Waals surface area contributed by atoms with Gasteiger partial charge in [-0.15, -0.1) is 0 Å². The van der Waals surface area contributed by atoms with Crippen molar-refractivity contribution < 1.29 is 27.2 Å². The van der Waals surface area contributed by atoms with Gasteiger partial charge in [-0.3, -0.25) is 9.59 Å². The topological polar surface area (TPSA) is 46.5 Å². The molecule has 0 fully saturated rings. The smallest absolute Gasteiger partial charge is 0.211 e. The van der Waals surface area contributed by atoms with Crippen LogP contribution in [0.2, 0.25) is 0 Å². The Morgan fingerprint density at radius 1 is 0.833 bits per heavy atom. The highest BCUT2D eigenvalue weighted by atomic mass is 19.2. The highest BCUT2D eigenvalue weighted by molar-refractivity contribution is 6.54. The standard InChI is InChI=1S/C17H9F4NO2/c1-7-15(22-8-5-3-2-4-6-8)17(24)10-9(16(7)23)11(18)13(20)14(21)12(10)19/h2-7H,1H3. The summed E-state index contributed by atoms with van der Waals surface area (Å²) in [5, 5.41) is 0. The molecule has 0 spiro atoms. The van der Waals surface area contributed by atoms with Gasteiger partial charge < -0.3 is 0 Å². The lowest BCUT2D eigenvalue weighted by Gasteiger charge is -2.22. The van der Waals surface area contributed by atoms with Crippen LogP contribution in [0.1, 0.15) is 27.6 Å². The number of Topliss-reactive ketones (excluding diaryl/α,β-unsaturated/α-hetero) is 2. The molecule has 2 aromatic rings. The molecular weight excluding hydrogens is 326 g/mol. The van der Waals surface area contributed by atoms with E-state index in [1.54, 1.807) is 18.2 Å². The average molecular weight is 335 g/mol. The predicted molar refractivity (Wildman–Crippen MR) is 77.6 cm³/mol. The third-order valence-corrected chi connectivity index (χ3v) is 3.78. The quantitative estimate of drug-likeness (QED) is 0.449. The molecule has 0 amide bonds. The van der Waals surface area contributed by atoms with Crippen molar-refractivity contribution in [2.75, 3.05) is 0 Å².